The second kappa shape index (κ2) is 10.1. The van der Waals surface area contributed by atoms with Gasteiger partial charge in [0, 0.05) is 19.5 Å². The van der Waals surface area contributed by atoms with E-state index in [0.717, 1.165) is 40.7 Å². The molecule has 0 aliphatic rings. The average Bonchev–Trinajstić information content (AvgIpc) is 2.99. The minimum atomic E-state index is 0.0256. The molecule has 0 spiro atoms. The zero-order valence-corrected chi connectivity index (χ0v) is 19.6. The predicted molar refractivity (Wildman–Crippen MR) is 124 cm³/mol. The maximum Gasteiger partial charge on any atom is 0.214 e. The number of carbonyl (C=O) groups is 1. The maximum absolute atomic E-state index is 12.6. The first kappa shape index (κ1) is 23.0. The van der Waals surface area contributed by atoms with Crippen LogP contribution >= 0.6 is 11.6 Å². The maximum atomic E-state index is 12.6. The van der Waals surface area contributed by atoms with Crippen LogP contribution in [0.3, 0.4) is 0 Å². The molecule has 3 aromatic heterocycles. The van der Waals surface area contributed by atoms with Crippen molar-refractivity contribution < 1.29 is 9.53 Å². The zero-order chi connectivity index (χ0) is 22.5. The highest BCUT2D eigenvalue weighted by molar-refractivity contribution is 6.29. The Labute approximate surface area is 188 Å². The van der Waals surface area contributed by atoms with Crippen molar-refractivity contribution in [1.82, 2.24) is 19.7 Å². The van der Waals surface area contributed by atoms with Crippen LogP contribution in [0.1, 0.15) is 56.4 Å². The van der Waals surface area contributed by atoms with Crippen LogP contribution in [0.5, 0.6) is 5.88 Å². The summed E-state index contributed by atoms with van der Waals surface area (Å²) >= 11 is 6.10. The summed E-state index contributed by atoms with van der Waals surface area (Å²) in [7, 11) is 1.93. The molecule has 3 rings (SSSR count). The number of aromatic nitrogens is 4. The van der Waals surface area contributed by atoms with E-state index in [-0.39, 0.29) is 18.7 Å². The number of halogens is 1. The summed E-state index contributed by atoms with van der Waals surface area (Å²) in [6.07, 6.45) is 2.22. The Morgan fingerprint density at radius 1 is 1.26 bits per heavy atom. The summed E-state index contributed by atoms with van der Waals surface area (Å²) < 4.78 is 7.50. The number of anilines is 1. The van der Waals surface area contributed by atoms with Gasteiger partial charge < -0.3 is 10.1 Å². The van der Waals surface area contributed by atoms with Gasteiger partial charge in [0.15, 0.2) is 5.78 Å². The highest BCUT2D eigenvalue weighted by Crippen LogP contribution is 2.28. The van der Waals surface area contributed by atoms with E-state index in [9.17, 15) is 4.79 Å². The molecule has 0 aliphatic heterocycles. The number of ketones is 1. The largest absolute Gasteiger partial charge is 0.478 e. The zero-order valence-electron chi connectivity index (χ0n) is 18.8. The predicted octanol–water partition coefficient (Wildman–Crippen LogP) is 4.85. The number of fused-ring (bicyclic) bond motifs is 1. The summed E-state index contributed by atoms with van der Waals surface area (Å²) in [4.78, 5) is 21.5. The molecule has 0 atom stereocenters. The van der Waals surface area contributed by atoms with Crippen molar-refractivity contribution in [3.63, 3.8) is 0 Å². The second-order valence-electron chi connectivity index (χ2n) is 8.07. The number of nitrogens with zero attached hydrogens (tertiary/aromatic N) is 4. The number of rotatable bonds is 10. The van der Waals surface area contributed by atoms with Gasteiger partial charge in [-0.3, -0.25) is 9.48 Å². The molecule has 0 saturated carbocycles. The van der Waals surface area contributed by atoms with Crippen LogP contribution in [0.15, 0.2) is 18.2 Å². The molecule has 3 heterocycles. The molecule has 0 aromatic carbocycles. The van der Waals surface area contributed by atoms with E-state index in [2.05, 4.69) is 41.2 Å². The number of pyridine rings is 2. The number of carbonyl (C=O) groups excluding carboxylic acids is 1. The summed E-state index contributed by atoms with van der Waals surface area (Å²) in [6, 6.07) is 5.48. The molecule has 0 unspecified atom stereocenters. The lowest BCUT2D eigenvalue weighted by Crippen LogP contribution is -2.17. The minimum absolute atomic E-state index is 0.0256. The summed E-state index contributed by atoms with van der Waals surface area (Å²) in [5.41, 5.74) is 4.70. The number of aryl methyl sites for hydroxylation is 2. The first-order valence-corrected chi connectivity index (χ1v) is 11.0. The van der Waals surface area contributed by atoms with Crippen LogP contribution in [0.25, 0.3) is 11.0 Å². The Bertz CT molecular complexity index is 1080. The molecule has 31 heavy (non-hydrogen) atoms. The smallest absolute Gasteiger partial charge is 0.214 e. The monoisotopic (exact) mass is 443 g/mol. The topological polar surface area (TPSA) is 81.9 Å². The minimum Gasteiger partial charge on any atom is -0.478 e. The molecule has 0 bridgehead atoms. The molecular formula is C23H30ClN5O2. The molecular weight excluding hydrogens is 414 g/mol. The summed E-state index contributed by atoms with van der Waals surface area (Å²) in [5.74, 6) is 1.47. The Kier molecular flexibility index (Phi) is 7.49. The molecule has 1 N–H and O–H groups in total. The van der Waals surface area contributed by atoms with Gasteiger partial charge in [0.2, 0.25) is 5.88 Å². The molecule has 8 heteroatoms. The summed E-state index contributed by atoms with van der Waals surface area (Å²) in [5, 5.41) is 8.00. The molecule has 0 aliphatic carbocycles. The third-order valence-electron chi connectivity index (χ3n) is 5.06. The van der Waals surface area contributed by atoms with Crippen LogP contribution in [0, 0.1) is 6.92 Å². The number of Topliss-reactive ketones (excluding diaryl/α,β-unsaturated/α-hetero) is 1. The lowest BCUT2D eigenvalue weighted by Gasteiger charge is -2.12. The lowest BCUT2D eigenvalue weighted by molar-refractivity contribution is -0.116. The highest BCUT2D eigenvalue weighted by Gasteiger charge is 2.16. The normalized spacial score (nSPS) is 11.3. The van der Waals surface area contributed by atoms with E-state index in [1.54, 1.807) is 12.1 Å². The number of nitrogens with one attached hydrogen (secondary N) is 1. The van der Waals surface area contributed by atoms with Crippen molar-refractivity contribution in [2.45, 2.75) is 52.9 Å². The molecule has 166 valence electrons. The Morgan fingerprint density at radius 3 is 2.74 bits per heavy atom. The van der Waals surface area contributed by atoms with Crippen LogP contribution in [0.4, 0.5) is 5.82 Å². The number of unbranched alkanes of at least 4 members (excludes halogenated alkanes) is 1. The molecule has 0 fully saturated rings. The molecule has 0 saturated heterocycles. The molecule has 0 amide bonds. The van der Waals surface area contributed by atoms with Gasteiger partial charge in [-0.25, -0.2) is 9.97 Å². The van der Waals surface area contributed by atoms with E-state index >= 15 is 0 Å². The third-order valence-corrected chi connectivity index (χ3v) is 5.25. The Morgan fingerprint density at radius 2 is 2.03 bits per heavy atom. The molecule has 0 radical (unpaired) electrons. The average molecular weight is 444 g/mol. The van der Waals surface area contributed by atoms with Crippen LogP contribution < -0.4 is 10.1 Å². The van der Waals surface area contributed by atoms with Gasteiger partial charge in [0.05, 0.1) is 24.4 Å². The Hall–Kier alpha value is -2.67. The van der Waals surface area contributed by atoms with E-state index < -0.39 is 0 Å². The summed E-state index contributed by atoms with van der Waals surface area (Å²) in [6.45, 7) is 9.07. The standard InChI is InChI=1S/C23H30ClN5O2/c1-6-7-8-31-21-11-16(10-19(24)26-21)9-17(30)13-25-20-12-18(14(2)3)23-22(27-20)15(4)28-29(23)5/h10-12,14H,6-9,13H2,1-5H3,(H,25,27). The van der Waals surface area contributed by atoms with Crippen LogP contribution in [-0.2, 0) is 18.3 Å². The van der Waals surface area contributed by atoms with E-state index in [4.69, 9.17) is 16.3 Å². The molecule has 7 nitrogen and oxygen atoms in total. The van der Waals surface area contributed by atoms with Gasteiger partial charge in [-0.05, 0) is 42.5 Å². The van der Waals surface area contributed by atoms with Crippen molar-refractivity contribution >= 4 is 34.2 Å². The van der Waals surface area contributed by atoms with Crippen molar-refractivity contribution in [3.8, 4) is 5.88 Å². The van der Waals surface area contributed by atoms with Gasteiger partial charge in [-0.15, -0.1) is 0 Å². The fourth-order valence-corrected chi connectivity index (χ4v) is 3.73. The molecule has 3 aromatic rings. The van der Waals surface area contributed by atoms with E-state index in [0.29, 0.717) is 29.4 Å². The second-order valence-corrected chi connectivity index (χ2v) is 8.45. The number of hydrogen-bond acceptors (Lipinski definition) is 6. The van der Waals surface area contributed by atoms with Crippen molar-refractivity contribution in [2.75, 3.05) is 18.5 Å². The van der Waals surface area contributed by atoms with E-state index in [1.807, 2.05) is 24.7 Å². The number of ether oxygens (including phenoxy) is 1. The lowest BCUT2D eigenvalue weighted by atomic mass is 10.0. The third kappa shape index (κ3) is 5.73. The van der Waals surface area contributed by atoms with Gasteiger partial charge in [0.25, 0.3) is 0 Å². The van der Waals surface area contributed by atoms with Crippen molar-refractivity contribution in [1.29, 1.82) is 0 Å². The highest BCUT2D eigenvalue weighted by atomic mass is 35.5. The fraction of sp³-hybridized carbons (Fsp3) is 0.478. The first-order chi connectivity index (χ1) is 14.8. The van der Waals surface area contributed by atoms with Crippen molar-refractivity contribution in [2.24, 2.45) is 7.05 Å². The van der Waals surface area contributed by atoms with Gasteiger partial charge >= 0.3 is 0 Å². The van der Waals surface area contributed by atoms with Gasteiger partial charge in [0.1, 0.15) is 16.5 Å². The fourth-order valence-electron chi connectivity index (χ4n) is 3.50. The van der Waals surface area contributed by atoms with Crippen LogP contribution in [-0.4, -0.2) is 38.7 Å². The first-order valence-electron chi connectivity index (χ1n) is 10.7. The SMILES string of the molecule is CCCCOc1cc(CC(=O)CNc2cc(C(C)C)c3c(n2)c(C)nn3C)cc(Cl)n1. The van der Waals surface area contributed by atoms with E-state index in [1.165, 1.54) is 0 Å². The Balaban J connectivity index is 1.70. The van der Waals surface area contributed by atoms with Gasteiger partial charge in [-0.2, -0.15) is 5.10 Å². The van der Waals surface area contributed by atoms with Gasteiger partial charge in [-0.1, -0.05) is 38.8 Å². The van der Waals surface area contributed by atoms with Crippen LogP contribution in [0.2, 0.25) is 5.15 Å². The quantitative estimate of drug-likeness (QED) is 0.356. The van der Waals surface area contributed by atoms with Crippen molar-refractivity contribution in [3.05, 3.63) is 40.2 Å². The number of hydrogen-bond donors (Lipinski definition) is 1.